The number of aliphatic imine (C=N–C) groups is 1. The van der Waals surface area contributed by atoms with Crippen molar-refractivity contribution in [3.63, 3.8) is 0 Å². The summed E-state index contributed by atoms with van der Waals surface area (Å²) in [6, 6.07) is 8.32. The maximum Gasteiger partial charge on any atom is 0.161 e. The third-order valence-corrected chi connectivity index (χ3v) is 3.43. The van der Waals surface area contributed by atoms with E-state index in [4.69, 9.17) is 0 Å². The number of aromatic amines is 1. The summed E-state index contributed by atoms with van der Waals surface area (Å²) in [5, 5.41) is 5.55. The average molecular weight is 254 g/mol. The number of para-hydroxylation sites is 1. The van der Waals surface area contributed by atoms with Gasteiger partial charge in [0.2, 0.25) is 0 Å². The normalized spacial score (nSPS) is 14.4. The molecule has 0 spiro atoms. The summed E-state index contributed by atoms with van der Waals surface area (Å²) in [5.74, 6) is 0. The van der Waals surface area contributed by atoms with Gasteiger partial charge in [0.25, 0.3) is 0 Å². The summed E-state index contributed by atoms with van der Waals surface area (Å²) in [5.41, 5.74) is 1.18. The molecule has 1 aliphatic rings. The minimum Gasteiger partial charge on any atom is -0.363 e. The Bertz CT molecular complexity index is 521. The molecule has 5 heteroatoms. The van der Waals surface area contributed by atoms with Gasteiger partial charge in [0.05, 0.1) is 6.54 Å². The highest BCUT2D eigenvalue weighted by molar-refractivity contribution is 8.14. The number of fused-ring (bicyclic) bond motifs is 1. The first-order valence-corrected chi connectivity index (χ1v) is 5.77. The first-order chi connectivity index (χ1) is 7.43. The Morgan fingerprint density at radius 3 is 2.94 bits per heavy atom. The number of benzene rings is 1. The van der Waals surface area contributed by atoms with E-state index in [1.807, 2.05) is 12.3 Å². The van der Waals surface area contributed by atoms with Crippen molar-refractivity contribution in [2.45, 2.75) is 4.90 Å². The molecular formula is C11H12ClN3S. The molecule has 2 aromatic rings. The zero-order valence-electron chi connectivity index (χ0n) is 8.56. The standard InChI is InChI=1S/C11H11N3S.ClH/c1-2-4-9-8(3-1)10(7-14-9)15-11-12-5-6-13-11;/h1-4,7,14H,5-6H2,(H,12,13);1H. The summed E-state index contributed by atoms with van der Waals surface area (Å²) in [4.78, 5) is 8.87. The maximum atomic E-state index is 4.37. The largest absolute Gasteiger partial charge is 0.363 e. The van der Waals surface area contributed by atoms with Crippen LogP contribution in [-0.2, 0) is 0 Å². The predicted octanol–water partition coefficient (Wildman–Crippen LogP) is 2.64. The van der Waals surface area contributed by atoms with Crippen LogP contribution in [0.15, 0.2) is 40.4 Å². The number of nitrogens with zero attached hydrogens (tertiary/aromatic N) is 1. The van der Waals surface area contributed by atoms with Gasteiger partial charge in [-0.3, -0.25) is 4.99 Å². The molecule has 0 bridgehead atoms. The second-order valence-electron chi connectivity index (χ2n) is 3.41. The first kappa shape index (κ1) is 11.4. The van der Waals surface area contributed by atoms with E-state index in [1.54, 1.807) is 11.8 Å². The highest BCUT2D eigenvalue weighted by Crippen LogP contribution is 2.28. The molecule has 1 aliphatic heterocycles. The van der Waals surface area contributed by atoms with Crippen molar-refractivity contribution in [3.8, 4) is 0 Å². The molecular weight excluding hydrogens is 242 g/mol. The fraction of sp³-hybridized carbons (Fsp3) is 0.182. The molecule has 2 heterocycles. The molecule has 0 unspecified atom stereocenters. The van der Waals surface area contributed by atoms with E-state index in [-0.39, 0.29) is 12.4 Å². The number of hydrogen-bond donors (Lipinski definition) is 2. The van der Waals surface area contributed by atoms with Crippen LogP contribution in [0.1, 0.15) is 0 Å². The van der Waals surface area contributed by atoms with E-state index in [0.29, 0.717) is 0 Å². The molecule has 0 fully saturated rings. The number of nitrogens with one attached hydrogen (secondary N) is 2. The Hall–Kier alpha value is -1.13. The molecule has 0 aliphatic carbocycles. The minimum absolute atomic E-state index is 0. The van der Waals surface area contributed by atoms with E-state index in [1.165, 1.54) is 15.8 Å². The zero-order chi connectivity index (χ0) is 10.1. The first-order valence-electron chi connectivity index (χ1n) is 4.96. The summed E-state index contributed by atoms with van der Waals surface area (Å²) in [6.07, 6.45) is 2.04. The van der Waals surface area contributed by atoms with E-state index < -0.39 is 0 Å². The molecule has 0 saturated carbocycles. The van der Waals surface area contributed by atoms with Gasteiger partial charge in [0.1, 0.15) is 0 Å². The van der Waals surface area contributed by atoms with Crippen LogP contribution >= 0.6 is 24.2 Å². The average Bonchev–Trinajstić information content (AvgIpc) is 2.89. The van der Waals surface area contributed by atoms with Crippen molar-refractivity contribution < 1.29 is 0 Å². The van der Waals surface area contributed by atoms with Crippen LogP contribution in [0.25, 0.3) is 10.9 Å². The maximum absolute atomic E-state index is 4.37. The number of amidine groups is 1. The fourth-order valence-corrected chi connectivity index (χ4v) is 2.62. The summed E-state index contributed by atoms with van der Waals surface area (Å²) in [6.45, 7) is 1.86. The van der Waals surface area contributed by atoms with Gasteiger partial charge in [0, 0.05) is 28.5 Å². The number of hydrogen-bond acceptors (Lipinski definition) is 3. The number of aromatic nitrogens is 1. The number of rotatable bonds is 1. The summed E-state index contributed by atoms with van der Waals surface area (Å²) in [7, 11) is 0. The summed E-state index contributed by atoms with van der Waals surface area (Å²) < 4.78 is 0. The fourth-order valence-electron chi connectivity index (χ4n) is 1.68. The van der Waals surface area contributed by atoms with Gasteiger partial charge in [0.15, 0.2) is 5.17 Å². The Morgan fingerprint density at radius 2 is 2.12 bits per heavy atom. The quantitative estimate of drug-likeness (QED) is 0.820. The van der Waals surface area contributed by atoms with E-state index in [9.17, 15) is 0 Å². The van der Waals surface area contributed by atoms with Crippen LogP contribution in [0, 0.1) is 0 Å². The van der Waals surface area contributed by atoms with E-state index >= 15 is 0 Å². The van der Waals surface area contributed by atoms with Gasteiger partial charge < -0.3 is 10.3 Å². The third-order valence-electron chi connectivity index (χ3n) is 2.40. The van der Waals surface area contributed by atoms with Crippen molar-refractivity contribution in [1.29, 1.82) is 0 Å². The lowest BCUT2D eigenvalue weighted by Crippen LogP contribution is -2.14. The molecule has 0 amide bonds. The van der Waals surface area contributed by atoms with Gasteiger partial charge in [-0.1, -0.05) is 30.0 Å². The van der Waals surface area contributed by atoms with E-state index in [0.717, 1.165) is 18.3 Å². The number of H-pyrrole nitrogens is 1. The lowest BCUT2D eigenvalue weighted by molar-refractivity contribution is 0.963. The van der Waals surface area contributed by atoms with E-state index in [2.05, 4.69) is 33.5 Å². The van der Waals surface area contributed by atoms with Crippen LogP contribution in [0.2, 0.25) is 0 Å². The van der Waals surface area contributed by atoms with Gasteiger partial charge in [-0.25, -0.2) is 0 Å². The topological polar surface area (TPSA) is 40.2 Å². The van der Waals surface area contributed by atoms with Crippen molar-refractivity contribution >= 4 is 40.2 Å². The second-order valence-corrected chi connectivity index (χ2v) is 4.44. The van der Waals surface area contributed by atoms with Crippen molar-refractivity contribution in [3.05, 3.63) is 30.5 Å². The van der Waals surface area contributed by atoms with Crippen molar-refractivity contribution in [2.24, 2.45) is 4.99 Å². The number of thioether (sulfide) groups is 1. The van der Waals surface area contributed by atoms with Gasteiger partial charge in [-0.15, -0.1) is 12.4 Å². The molecule has 2 N–H and O–H groups in total. The van der Waals surface area contributed by atoms with Crippen LogP contribution < -0.4 is 5.32 Å². The monoisotopic (exact) mass is 253 g/mol. The van der Waals surface area contributed by atoms with Gasteiger partial charge in [-0.05, 0) is 6.07 Å². The molecule has 1 aromatic heterocycles. The predicted molar refractivity (Wildman–Crippen MR) is 71.7 cm³/mol. The highest BCUT2D eigenvalue weighted by atomic mass is 35.5. The Kier molecular flexibility index (Phi) is 3.41. The molecule has 0 radical (unpaired) electrons. The van der Waals surface area contributed by atoms with Crippen LogP contribution in [-0.4, -0.2) is 23.2 Å². The SMILES string of the molecule is Cl.c1ccc2c(SC3=NCCN3)c[nH]c2c1. The van der Waals surface area contributed by atoms with Crippen molar-refractivity contribution in [1.82, 2.24) is 10.3 Å². The third kappa shape index (κ3) is 2.03. The molecule has 0 atom stereocenters. The lowest BCUT2D eigenvalue weighted by atomic mass is 10.2. The smallest absolute Gasteiger partial charge is 0.161 e. The van der Waals surface area contributed by atoms with Crippen molar-refractivity contribution in [2.75, 3.05) is 13.1 Å². The number of halogens is 1. The zero-order valence-corrected chi connectivity index (χ0v) is 10.2. The molecule has 16 heavy (non-hydrogen) atoms. The summed E-state index contributed by atoms with van der Waals surface area (Å²) >= 11 is 1.69. The lowest BCUT2D eigenvalue weighted by Gasteiger charge is -1.99. The molecule has 0 saturated heterocycles. The van der Waals surface area contributed by atoms with Gasteiger partial charge in [-0.2, -0.15) is 0 Å². The van der Waals surface area contributed by atoms with Crippen LogP contribution in [0.5, 0.6) is 0 Å². The second kappa shape index (κ2) is 4.80. The van der Waals surface area contributed by atoms with Crippen LogP contribution in [0.3, 0.4) is 0 Å². The Morgan fingerprint density at radius 1 is 1.25 bits per heavy atom. The Balaban J connectivity index is 0.000000963. The Labute approximate surface area is 104 Å². The van der Waals surface area contributed by atoms with Crippen LogP contribution in [0.4, 0.5) is 0 Å². The highest BCUT2D eigenvalue weighted by Gasteiger charge is 2.10. The van der Waals surface area contributed by atoms with Gasteiger partial charge >= 0.3 is 0 Å². The molecule has 3 nitrogen and oxygen atoms in total. The molecule has 1 aromatic carbocycles. The molecule has 84 valence electrons. The molecule has 3 rings (SSSR count). The minimum atomic E-state index is 0.